The molecule has 0 heterocycles. The molecule has 0 saturated carbocycles. The third-order valence-electron chi connectivity index (χ3n) is 5.90. The van der Waals surface area contributed by atoms with Gasteiger partial charge in [-0.05, 0) is 52.4 Å². The normalized spacial score (nSPS) is 12.8. The lowest BCUT2D eigenvalue weighted by Gasteiger charge is -2.32. The van der Waals surface area contributed by atoms with Crippen LogP contribution in [0.3, 0.4) is 0 Å². The van der Waals surface area contributed by atoms with E-state index in [-0.39, 0.29) is 27.7 Å². The zero-order valence-electron chi connectivity index (χ0n) is 20.1. The van der Waals surface area contributed by atoms with Crippen LogP contribution in [0.4, 0.5) is 54.0 Å². The molecule has 0 aliphatic rings. The number of rotatable bonds is 5. The topological polar surface area (TPSA) is 63.4 Å². The molecule has 0 bridgehead atoms. The predicted octanol–water partition coefficient (Wildman–Crippen LogP) is 7.78. The lowest BCUT2D eigenvalue weighted by molar-refractivity contribution is -0.348. The molecule has 3 rings (SSSR count). The summed E-state index contributed by atoms with van der Waals surface area (Å²) in [6, 6.07) is 7.56. The number of benzene rings is 3. The molecule has 0 spiro atoms. The number of alkyl halides is 10. The number of carbonyl (C=O) groups excluding carboxylic acids is 2. The maximum absolute atomic E-state index is 15.5. The van der Waals surface area contributed by atoms with Crippen molar-refractivity contribution in [3.63, 3.8) is 0 Å². The number of hydrogen-bond donors (Lipinski definition) is 1. The summed E-state index contributed by atoms with van der Waals surface area (Å²) in [6.07, 6.45) is -19.1. The Hall–Kier alpha value is -3.44. The van der Waals surface area contributed by atoms with E-state index in [2.05, 4.69) is 0 Å². The quantitative estimate of drug-likeness (QED) is 0.217. The van der Waals surface area contributed by atoms with E-state index in [0.29, 0.717) is 7.05 Å². The molecule has 0 radical (unpaired) electrons. The number of amides is 2. The highest BCUT2D eigenvalue weighted by Gasteiger charge is 2.73. The van der Waals surface area contributed by atoms with E-state index >= 15 is 4.39 Å². The molecule has 0 saturated heterocycles. The molecular formula is C25H14F11IN2O2. The maximum atomic E-state index is 15.5. The van der Waals surface area contributed by atoms with E-state index in [9.17, 15) is 53.5 Å². The van der Waals surface area contributed by atoms with E-state index < -0.39 is 73.8 Å². The average Bonchev–Trinajstić information content (AvgIpc) is 2.85. The lowest BCUT2D eigenvalue weighted by atomic mass is 9.91. The van der Waals surface area contributed by atoms with Gasteiger partial charge in [-0.25, -0.2) is 8.78 Å². The summed E-state index contributed by atoms with van der Waals surface area (Å²) in [6.45, 7) is 0. The molecule has 0 aromatic heterocycles. The van der Waals surface area contributed by atoms with E-state index in [0.717, 1.165) is 40.8 Å². The minimum atomic E-state index is -6.70. The number of nitrogens with zero attached hydrogens (tertiary/aromatic N) is 1. The van der Waals surface area contributed by atoms with E-state index in [1.165, 1.54) is 24.3 Å². The zero-order valence-corrected chi connectivity index (χ0v) is 22.2. The SMILES string of the molecule is CN(C(=O)c1cccc(-c2ccccc2C(N)=O)c1F)c1c(I)cc(C(F)(C(F)(F)F)C(F)(F)F)cc1C(F)(F)F. The van der Waals surface area contributed by atoms with Crippen molar-refractivity contribution in [1.29, 1.82) is 0 Å². The second-order valence-electron chi connectivity index (χ2n) is 8.45. The number of anilines is 1. The summed E-state index contributed by atoms with van der Waals surface area (Å²) in [4.78, 5) is 25.1. The van der Waals surface area contributed by atoms with Crippen molar-refractivity contribution in [3.05, 3.63) is 86.2 Å². The Bertz CT molecular complexity index is 1500. The van der Waals surface area contributed by atoms with Gasteiger partial charge in [-0.2, -0.15) is 39.5 Å². The number of primary amides is 1. The Morgan fingerprint density at radius 3 is 1.80 bits per heavy atom. The van der Waals surface area contributed by atoms with E-state index in [1.807, 2.05) is 0 Å². The van der Waals surface area contributed by atoms with Crippen molar-refractivity contribution in [2.75, 3.05) is 11.9 Å². The second-order valence-corrected chi connectivity index (χ2v) is 9.61. The smallest absolute Gasteiger partial charge is 0.366 e. The monoisotopic (exact) mass is 710 g/mol. The summed E-state index contributed by atoms with van der Waals surface area (Å²) in [5.41, 5.74) is -8.29. The van der Waals surface area contributed by atoms with Crippen LogP contribution >= 0.6 is 22.6 Å². The minimum absolute atomic E-state index is 0.0803. The molecule has 0 fully saturated rings. The third-order valence-corrected chi connectivity index (χ3v) is 6.72. The molecule has 0 unspecified atom stereocenters. The Morgan fingerprint density at radius 2 is 1.29 bits per heavy atom. The molecule has 220 valence electrons. The van der Waals surface area contributed by atoms with E-state index in [1.54, 1.807) is 0 Å². The average molecular weight is 710 g/mol. The fourth-order valence-electron chi connectivity index (χ4n) is 3.96. The zero-order chi connectivity index (χ0) is 31.3. The van der Waals surface area contributed by atoms with Crippen LogP contribution in [0.2, 0.25) is 0 Å². The van der Waals surface area contributed by atoms with Crippen molar-refractivity contribution >= 4 is 40.1 Å². The van der Waals surface area contributed by atoms with Crippen LogP contribution in [0.5, 0.6) is 0 Å². The second kappa shape index (κ2) is 10.8. The molecule has 2 N–H and O–H groups in total. The van der Waals surface area contributed by atoms with Gasteiger partial charge in [0.15, 0.2) is 0 Å². The third kappa shape index (κ3) is 5.70. The van der Waals surface area contributed by atoms with Crippen LogP contribution in [0, 0.1) is 9.39 Å². The molecule has 4 nitrogen and oxygen atoms in total. The van der Waals surface area contributed by atoms with Gasteiger partial charge in [0.2, 0.25) is 5.91 Å². The van der Waals surface area contributed by atoms with Crippen LogP contribution in [-0.2, 0) is 11.8 Å². The fraction of sp³-hybridized carbons (Fsp3) is 0.200. The summed E-state index contributed by atoms with van der Waals surface area (Å²) in [7, 11) is 0.661. The molecular weight excluding hydrogens is 696 g/mol. The van der Waals surface area contributed by atoms with Gasteiger partial charge in [0.25, 0.3) is 5.91 Å². The van der Waals surface area contributed by atoms with Gasteiger partial charge in [-0.15, -0.1) is 0 Å². The molecule has 0 aliphatic carbocycles. The Labute approximate surface area is 237 Å². The molecule has 3 aromatic rings. The highest BCUT2D eigenvalue weighted by Crippen LogP contribution is 2.55. The van der Waals surface area contributed by atoms with Gasteiger partial charge < -0.3 is 10.6 Å². The van der Waals surface area contributed by atoms with Crippen LogP contribution in [0.1, 0.15) is 31.8 Å². The van der Waals surface area contributed by atoms with Crippen LogP contribution in [0.15, 0.2) is 54.6 Å². The number of carbonyl (C=O) groups is 2. The Kier molecular flexibility index (Phi) is 8.42. The lowest BCUT2D eigenvalue weighted by Crippen LogP contribution is -2.50. The first-order valence-corrected chi connectivity index (χ1v) is 11.9. The molecule has 0 aliphatic heterocycles. The van der Waals surface area contributed by atoms with Crippen LogP contribution in [0.25, 0.3) is 11.1 Å². The van der Waals surface area contributed by atoms with Crippen LogP contribution < -0.4 is 10.6 Å². The first-order valence-electron chi connectivity index (χ1n) is 10.8. The van der Waals surface area contributed by atoms with Crippen molar-refractivity contribution in [3.8, 4) is 11.1 Å². The maximum Gasteiger partial charge on any atom is 0.435 e. The summed E-state index contributed by atoms with van der Waals surface area (Å²) in [5, 5.41) is 0. The predicted molar refractivity (Wildman–Crippen MR) is 132 cm³/mol. The fourth-order valence-corrected chi connectivity index (χ4v) is 4.95. The first kappa shape index (κ1) is 32.1. The van der Waals surface area contributed by atoms with E-state index in [4.69, 9.17) is 5.73 Å². The van der Waals surface area contributed by atoms with Crippen LogP contribution in [-0.4, -0.2) is 31.2 Å². The van der Waals surface area contributed by atoms with Crippen molar-refractivity contribution in [2.24, 2.45) is 5.73 Å². The Morgan fingerprint density at radius 1 is 0.780 bits per heavy atom. The largest absolute Gasteiger partial charge is 0.435 e. The number of hydrogen-bond acceptors (Lipinski definition) is 2. The molecule has 2 amide bonds. The number of halogens is 12. The highest BCUT2D eigenvalue weighted by molar-refractivity contribution is 14.1. The first-order chi connectivity index (χ1) is 18.6. The Balaban J connectivity index is 2.23. The standard InChI is InChI=1S/C25H14F11IN2O2/c1-39(21(41)15-8-4-7-13(18(15)26)12-5-2-3-6-14(12)20(38)40)19-16(23(28,29)30)9-11(10-17(19)37)22(27,24(31,32)33)25(34,35)36/h2-10H,1H3,(H2,38,40). The van der Waals surface area contributed by atoms with Crippen molar-refractivity contribution < 1.29 is 57.9 Å². The van der Waals surface area contributed by atoms with Gasteiger partial charge in [0, 0.05) is 27.3 Å². The van der Waals surface area contributed by atoms with Crippen molar-refractivity contribution in [2.45, 2.75) is 24.2 Å². The summed E-state index contributed by atoms with van der Waals surface area (Å²) in [5.74, 6) is -3.80. The van der Waals surface area contributed by atoms with Gasteiger partial charge in [-0.3, -0.25) is 9.59 Å². The van der Waals surface area contributed by atoms with Gasteiger partial charge >= 0.3 is 24.2 Å². The molecule has 41 heavy (non-hydrogen) atoms. The van der Waals surface area contributed by atoms with Gasteiger partial charge in [0.05, 0.1) is 16.8 Å². The minimum Gasteiger partial charge on any atom is -0.366 e. The number of nitrogens with two attached hydrogens (primary N) is 1. The highest BCUT2D eigenvalue weighted by atomic mass is 127. The van der Waals surface area contributed by atoms with Gasteiger partial charge in [0.1, 0.15) is 5.82 Å². The van der Waals surface area contributed by atoms with Gasteiger partial charge in [-0.1, -0.05) is 30.3 Å². The summed E-state index contributed by atoms with van der Waals surface area (Å²) < 4.78 is 150. The van der Waals surface area contributed by atoms with Crippen molar-refractivity contribution in [1.82, 2.24) is 0 Å². The molecule has 16 heteroatoms. The molecule has 0 atom stereocenters. The summed E-state index contributed by atoms with van der Waals surface area (Å²) >= 11 is 0.912. The molecule has 3 aromatic carbocycles.